The monoisotopic (exact) mass is 591 g/mol. The van der Waals surface area contributed by atoms with Crippen LogP contribution in [0.15, 0.2) is 79.1 Å². The second-order valence-corrected chi connectivity index (χ2v) is 10.1. The van der Waals surface area contributed by atoms with Crippen molar-refractivity contribution in [3.63, 3.8) is 0 Å². The van der Waals surface area contributed by atoms with Crippen LogP contribution in [-0.4, -0.2) is 27.2 Å². The highest BCUT2D eigenvalue weighted by molar-refractivity contribution is 6.30. The number of benzene rings is 2. The van der Waals surface area contributed by atoms with Crippen molar-refractivity contribution in [3.8, 4) is 11.1 Å². The van der Waals surface area contributed by atoms with Crippen LogP contribution in [0.2, 0.25) is 5.02 Å². The molecule has 216 valence electrons. The summed E-state index contributed by atoms with van der Waals surface area (Å²) >= 11 is 5.99. The van der Waals surface area contributed by atoms with Gasteiger partial charge in [-0.2, -0.15) is 18.3 Å². The van der Waals surface area contributed by atoms with Crippen LogP contribution in [0.5, 0.6) is 0 Å². The van der Waals surface area contributed by atoms with E-state index in [1.807, 2.05) is 55.5 Å². The molecule has 42 heavy (non-hydrogen) atoms. The zero-order chi connectivity index (χ0) is 29.7. The maximum Gasteiger partial charge on any atom is 0.417 e. The number of nitrogens with zero attached hydrogens (tertiary/aromatic N) is 3. The fraction of sp³-hybridized carbons (Fsp3) is 0.194. The standard InChI is InChI=1S/C31H29ClF3N7/c1-3-4-27(37-15-20-7-11-24(32)12-8-20)25-14-23(31(33,34)35)18-40-29(25)38-16-19-5-9-21(10-6-19)22-13-26-28(36-2)41-42-30(26)39-17-22/h4-14,17-18,37H,3,15-16H2,1-2H3,(H,38,40)(H2,36,39,41,42). The van der Waals surface area contributed by atoms with Crippen molar-refractivity contribution in [2.24, 2.45) is 0 Å². The molecule has 0 aliphatic rings. The summed E-state index contributed by atoms with van der Waals surface area (Å²) in [5.74, 6) is 1.07. The summed E-state index contributed by atoms with van der Waals surface area (Å²) in [4.78, 5) is 8.64. The van der Waals surface area contributed by atoms with E-state index in [1.54, 1.807) is 25.4 Å². The maximum atomic E-state index is 13.7. The van der Waals surface area contributed by atoms with E-state index < -0.39 is 11.7 Å². The lowest BCUT2D eigenvalue weighted by Gasteiger charge is -2.18. The van der Waals surface area contributed by atoms with Gasteiger partial charge < -0.3 is 16.0 Å². The molecule has 0 aliphatic heterocycles. The second kappa shape index (κ2) is 12.5. The van der Waals surface area contributed by atoms with E-state index in [9.17, 15) is 13.2 Å². The first-order chi connectivity index (χ1) is 20.2. The van der Waals surface area contributed by atoms with Gasteiger partial charge in [-0.3, -0.25) is 5.10 Å². The fourth-order valence-electron chi connectivity index (χ4n) is 4.50. The number of aromatic nitrogens is 4. The molecule has 3 aromatic heterocycles. The predicted octanol–water partition coefficient (Wildman–Crippen LogP) is 7.89. The van der Waals surface area contributed by atoms with Crippen LogP contribution in [-0.2, 0) is 19.3 Å². The number of allylic oxidation sites excluding steroid dienone is 1. The van der Waals surface area contributed by atoms with Gasteiger partial charge in [-0.25, -0.2) is 9.97 Å². The molecular formula is C31H29ClF3N7. The summed E-state index contributed by atoms with van der Waals surface area (Å²) in [5, 5.41) is 18.2. The number of halogens is 4. The first-order valence-corrected chi connectivity index (χ1v) is 13.7. The number of H-pyrrole nitrogens is 1. The minimum atomic E-state index is -4.52. The van der Waals surface area contributed by atoms with Crippen molar-refractivity contribution in [2.45, 2.75) is 32.6 Å². The number of hydrogen-bond acceptors (Lipinski definition) is 6. The molecule has 0 amide bonds. The van der Waals surface area contributed by atoms with Crippen molar-refractivity contribution < 1.29 is 13.2 Å². The highest BCUT2D eigenvalue weighted by Gasteiger charge is 2.32. The minimum Gasteiger partial charge on any atom is -0.381 e. The number of alkyl halides is 3. The van der Waals surface area contributed by atoms with E-state index >= 15 is 0 Å². The summed E-state index contributed by atoms with van der Waals surface area (Å²) in [5.41, 5.74) is 4.59. The SMILES string of the molecule is CCC=C(NCc1ccc(Cl)cc1)c1cc(C(F)(F)F)cnc1NCc1ccc(-c2cnc3[nH]nc(NC)c3c2)cc1. The maximum absolute atomic E-state index is 13.7. The van der Waals surface area contributed by atoms with E-state index in [0.717, 1.165) is 45.7 Å². The normalized spacial score (nSPS) is 12.0. The summed E-state index contributed by atoms with van der Waals surface area (Å²) < 4.78 is 41.0. The Morgan fingerprint density at radius 2 is 1.62 bits per heavy atom. The average Bonchev–Trinajstić information content (AvgIpc) is 3.41. The van der Waals surface area contributed by atoms with Gasteiger partial charge in [-0.05, 0) is 47.4 Å². The Labute approximate surface area is 246 Å². The molecular weight excluding hydrogens is 563 g/mol. The number of nitrogens with one attached hydrogen (secondary N) is 4. The van der Waals surface area contributed by atoms with Crippen molar-refractivity contribution in [1.29, 1.82) is 0 Å². The van der Waals surface area contributed by atoms with Crippen molar-refractivity contribution in [2.75, 3.05) is 17.7 Å². The summed E-state index contributed by atoms with van der Waals surface area (Å²) in [6, 6.07) is 18.3. The van der Waals surface area contributed by atoms with E-state index in [-0.39, 0.29) is 0 Å². The van der Waals surface area contributed by atoms with E-state index in [2.05, 4.69) is 36.1 Å². The molecule has 3 heterocycles. The Kier molecular flexibility index (Phi) is 8.63. The molecule has 5 aromatic rings. The van der Waals surface area contributed by atoms with Crippen molar-refractivity contribution in [1.82, 2.24) is 25.5 Å². The molecule has 4 N–H and O–H groups in total. The zero-order valence-electron chi connectivity index (χ0n) is 23.0. The highest BCUT2D eigenvalue weighted by Crippen LogP contribution is 2.33. The second-order valence-electron chi connectivity index (χ2n) is 9.62. The molecule has 0 bridgehead atoms. The molecule has 0 saturated carbocycles. The molecule has 0 radical (unpaired) electrons. The van der Waals surface area contributed by atoms with Crippen molar-refractivity contribution in [3.05, 3.63) is 106 Å². The van der Waals surface area contributed by atoms with Crippen LogP contribution < -0.4 is 16.0 Å². The van der Waals surface area contributed by atoms with Gasteiger partial charge >= 0.3 is 6.18 Å². The van der Waals surface area contributed by atoms with Gasteiger partial charge in [0.2, 0.25) is 0 Å². The summed E-state index contributed by atoms with van der Waals surface area (Å²) in [6.07, 6.45) is 0.596. The minimum absolute atomic E-state index is 0.345. The first kappa shape index (κ1) is 28.9. The van der Waals surface area contributed by atoms with Crippen LogP contribution in [0, 0.1) is 0 Å². The molecule has 11 heteroatoms. The molecule has 0 fully saturated rings. The average molecular weight is 592 g/mol. The molecule has 0 spiro atoms. The largest absolute Gasteiger partial charge is 0.417 e. The summed E-state index contributed by atoms with van der Waals surface area (Å²) in [6.45, 7) is 2.71. The van der Waals surface area contributed by atoms with Gasteiger partial charge in [-0.1, -0.05) is 61.0 Å². The third-order valence-electron chi connectivity index (χ3n) is 6.71. The topological polar surface area (TPSA) is 90.5 Å². The lowest BCUT2D eigenvalue weighted by molar-refractivity contribution is -0.137. The molecule has 0 unspecified atom stereocenters. The summed E-state index contributed by atoms with van der Waals surface area (Å²) in [7, 11) is 1.80. The Morgan fingerprint density at radius 1 is 0.905 bits per heavy atom. The smallest absolute Gasteiger partial charge is 0.381 e. The fourth-order valence-corrected chi connectivity index (χ4v) is 4.63. The third kappa shape index (κ3) is 6.66. The van der Waals surface area contributed by atoms with Gasteiger partial charge in [0, 0.05) is 54.4 Å². The quantitative estimate of drug-likeness (QED) is 0.132. The van der Waals surface area contributed by atoms with E-state index in [4.69, 9.17) is 11.6 Å². The number of anilines is 2. The van der Waals surface area contributed by atoms with Gasteiger partial charge in [0.05, 0.1) is 10.9 Å². The molecule has 0 aliphatic carbocycles. The van der Waals surface area contributed by atoms with Crippen LogP contribution in [0.4, 0.5) is 24.8 Å². The molecule has 5 rings (SSSR count). The number of pyridine rings is 2. The van der Waals surface area contributed by atoms with Gasteiger partial charge in [0.25, 0.3) is 0 Å². The third-order valence-corrected chi connectivity index (χ3v) is 6.96. The molecule has 0 saturated heterocycles. The Hall–Kier alpha value is -4.57. The van der Waals surface area contributed by atoms with Crippen molar-refractivity contribution >= 4 is 40.0 Å². The number of fused-ring (bicyclic) bond motifs is 1. The number of aromatic amines is 1. The van der Waals surface area contributed by atoms with Gasteiger partial charge in [-0.15, -0.1) is 0 Å². The van der Waals surface area contributed by atoms with Crippen LogP contribution in [0.3, 0.4) is 0 Å². The number of hydrogen-bond donors (Lipinski definition) is 4. The van der Waals surface area contributed by atoms with Crippen LogP contribution in [0.25, 0.3) is 27.9 Å². The van der Waals surface area contributed by atoms with Crippen LogP contribution >= 0.6 is 11.6 Å². The zero-order valence-corrected chi connectivity index (χ0v) is 23.7. The van der Waals surface area contributed by atoms with Crippen LogP contribution in [0.1, 0.15) is 35.6 Å². The lowest BCUT2D eigenvalue weighted by Crippen LogP contribution is -2.16. The Bertz CT molecular complexity index is 1700. The predicted molar refractivity (Wildman–Crippen MR) is 162 cm³/mol. The van der Waals surface area contributed by atoms with Gasteiger partial charge in [0.1, 0.15) is 5.82 Å². The first-order valence-electron chi connectivity index (χ1n) is 13.4. The van der Waals surface area contributed by atoms with E-state index in [0.29, 0.717) is 47.3 Å². The molecule has 7 nitrogen and oxygen atoms in total. The van der Waals surface area contributed by atoms with Gasteiger partial charge in [0.15, 0.2) is 11.5 Å². The lowest BCUT2D eigenvalue weighted by atomic mass is 10.0. The molecule has 0 atom stereocenters. The highest BCUT2D eigenvalue weighted by atomic mass is 35.5. The Balaban J connectivity index is 1.36. The molecule has 2 aromatic carbocycles. The Morgan fingerprint density at radius 3 is 2.31 bits per heavy atom. The van der Waals surface area contributed by atoms with E-state index in [1.165, 1.54) is 0 Å². The number of rotatable bonds is 10.